The number of hydrogen-bond acceptors (Lipinski definition) is 0. The third kappa shape index (κ3) is 984. The van der Waals surface area contributed by atoms with Gasteiger partial charge in [0, 0.05) is 0 Å². The predicted molar refractivity (Wildman–Crippen MR) is 14.3 cm³/mol. The van der Waals surface area contributed by atoms with Crippen LogP contribution in [-0.2, 0) is 0 Å². The summed E-state index contributed by atoms with van der Waals surface area (Å²) in [5.41, 5.74) is 0. The van der Waals surface area contributed by atoms with Gasteiger partial charge < -0.3 is 0 Å². The first-order chi connectivity index (χ1) is 4.00. The van der Waals surface area contributed by atoms with E-state index in [2.05, 4.69) is 0 Å². The maximum Gasteiger partial charge on any atom is 0.559 e. The maximum atomic E-state index is 9.69. The monoisotopic (exact) mass is 176 g/mol. The van der Waals surface area contributed by atoms with Crippen LogP contribution in [0.1, 0.15) is 0 Å². The lowest BCUT2D eigenvalue weighted by Crippen LogP contribution is -1.92. The Morgan fingerprint density at radius 2 is 0.400 bits per heavy atom. The summed E-state index contributed by atoms with van der Waals surface area (Å²) in [6.45, 7) is 0. The van der Waals surface area contributed by atoms with Gasteiger partial charge in [-0.3, -0.25) is 0 Å². The average Bonchev–Trinajstić information content (AvgIpc) is 1.12. The van der Waals surface area contributed by atoms with Crippen molar-refractivity contribution in [1.29, 1.82) is 0 Å². The summed E-state index contributed by atoms with van der Waals surface area (Å²) in [5.74, 6) is 0. The molecule has 0 N–H and O–H groups in total. The van der Waals surface area contributed by atoms with Gasteiger partial charge in [-0.25, -0.2) is 0 Å². The molecule has 0 aromatic heterocycles. The molecule has 0 aliphatic heterocycles. The Balaban J connectivity index is 0. The van der Waals surface area contributed by atoms with E-state index >= 15 is 0 Å². The third-order valence-corrected chi connectivity index (χ3v) is 0. The summed E-state index contributed by atoms with van der Waals surface area (Å²) in [5, 5.41) is 0. The first-order valence-electron chi connectivity index (χ1n) is 1.51. The lowest BCUT2D eigenvalue weighted by molar-refractivity contribution is -0.238. The molecule has 0 aromatic carbocycles. The van der Waals surface area contributed by atoms with E-state index in [0.717, 1.165) is 0 Å². The van der Waals surface area contributed by atoms with Gasteiger partial charge in [0.15, 0.2) is 0 Å². The fourth-order valence-corrected chi connectivity index (χ4v) is 0. The molecule has 0 fully saturated rings. The van der Waals surface area contributed by atoms with Crippen LogP contribution < -0.4 is 0 Å². The van der Waals surface area contributed by atoms with Crippen molar-refractivity contribution >= 4 is 0 Å². The van der Waals surface area contributed by atoms with E-state index < -0.39 is 12.9 Å². The number of halogens is 8. The van der Waals surface area contributed by atoms with Crippen molar-refractivity contribution in [1.82, 2.24) is 0 Å². The van der Waals surface area contributed by atoms with Crippen molar-refractivity contribution in [3.63, 3.8) is 0 Å². The molecule has 0 nitrogen and oxygen atoms in total. The molecular weight excluding hydrogens is 176 g/mol. The highest BCUT2D eigenvalue weighted by atomic mass is 19.5. The third-order valence-electron chi connectivity index (χ3n) is 0. The van der Waals surface area contributed by atoms with Crippen LogP contribution in [-0.4, -0.2) is 12.9 Å². The zero-order chi connectivity index (χ0) is 9.00. The molecule has 0 heterocycles. The summed E-state index contributed by atoms with van der Waals surface area (Å²) in [6, 6.07) is 0. The molecule has 0 saturated carbocycles. The van der Waals surface area contributed by atoms with E-state index in [-0.39, 0.29) is 0 Å². The zero-order valence-electron chi connectivity index (χ0n) is 4.02. The minimum Gasteiger partial charge on any atom is -0.140 e. The van der Waals surface area contributed by atoms with Gasteiger partial charge in [-0.05, 0) is 0 Å². The van der Waals surface area contributed by atoms with Crippen LogP contribution in [0.4, 0.5) is 35.1 Å². The van der Waals surface area contributed by atoms with Crippen LogP contribution in [0, 0.1) is 0 Å². The van der Waals surface area contributed by atoms with Gasteiger partial charge in [-0.15, -0.1) is 35.1 Å². The Kier molecular flexibility index (Phi) is 4.34. The fourth-order valence-electron chi connectivity index (χ4n) is 0. The highest BCUT2D eigenvalue weighted by Crippen LogP contribution is 2.14. The fraction of sp³-hybridized carbons (Fsp3) is 1.00. The molecule has 0 aromatic rings. The number of hydrogen-bond donors (Lipinski definition) is 0. The molecule has 0 aliphatic rings. The molecule has 8 heteroatoms. The van der Waals surface area contributed by atoms with E-state index in [4.69, 9.17) is 0 Å². The normalized spacial score (nSPS) is 12.0. The van der Waals surface area contributed by atoms with Gasteiger partial charge in [0.1, 0.15) is 0 Å². The molecule has 0 spiro atoms. The van der Waals surface area contributed by atoms with Crippen LogP contribution in [0.2, 0.25) is 0 Å². The molecule has 0 bridgehead atoms. The topological polar surface area (TPSA) is 0 Å². The molecule has 0 rings (SSSR count). The highest BCUT2D eigenvalue weighted by Gasteiger charge is 2.25. The SMILES string of the molecule is FC(F)(F)F.FC(F)(F)F. The second kappa shape index (κ2) is 3.57. The Bertz CT molecular complexity index is 50.2. The van der Waals surface area contributed by atoms with E-state index in [0.29, 0.717) is 0 Å². The maximum absolute atomic E-state index is 9.69. The van der Waals surface area contributed by atoms with Gasteiger partial charge in [-0.2, -0.15) is 0 Å². The van der Waals surface area contributed by atoms with Gasteiger partial charge >= 0.3 is 12.9 Å². The van der Waals surface area contributed by atoms with Crippen molar-refractivity contribution in [2.75, 3.05) is 0 Å². The minimum absolute atomic E-state index is 5.50. The smallest absolute Gasteiger partial charge is 0.140 e. The van der Waals surface area contributed by atoms with E-state index in [9.17, 15) is 35.1 Å². The standard InChI is InChI=1S/2CF4/c2*2-1(3,4)5. The Morgan fingerprint density at radius 1 is 0.400 bits per heavy atom. The Hall–Kier alpha value is -0.560. The van der Waals surface area contributed by atoms with Gasteiger partial charge in [0.2, 0.25) is 0 Å². The van der Waals surface area contributed by atoms with Gasteiger partial charge in [0.05, 0.1) is 0 Å². The van der Waals surface area contributed by atoms with Gasteiger partial charge in [-0.1, -0.05) is 0 Å². The lowest BCUT2D eigenvalue weighted by Gasteiger charge is -1.82. The summed E-state index contributed by atoms with van der Waals surface area (Å²) in [4.78, 5) is 0. The summed E-state index contributed by atoms with van der Waals surface area (Å²) in [7, 11) is 0. The second-order valence-electron chi connectivity index (χ2n) is 0.857. The quantitative estimate of drug-likeness (QED) is 0.497. The van der Waals surface area contributed by atoms with Crippen molar-refractivity contribution in [3.8, 4) is 0 Å². The largest absolute Gasteiger partial charge is 0.559 e. The van der Waals surface area contributed by atoms with Crippen LogP contribution in [0.5, 0.6) is 0 Å². The molecule has 0 radical (unpaired) electrons. The minimum atomic E-state index is -5.50. The van der Waals surface area contributed by atoms with Crippen molar-refractivity contribution < 1.29 is 35.1 Å². The molecule has 64 valence electrons. The van der Waals surface area contributed by atoms with Crippen molar-refractivity contribution in [3.05, 3.63) is 0 Å². The van der Waals surface area contributed by atoms with E-state index in [1.807, 2.05) is 0 Å². The van der Waals surface area contributed by atoms with Crippen LogP contribution >= 0.6 is 0 Å². The predicted octanol–water partition coefficient (Wildman–Crippen LogP) is 2.95. The lowest BCUT2D eigenvalue weighted by atomic mass is 11.5. The number of alkyl halides is 8. The van der Waals surface area contributed by atoms with Crippen LogP contribution in [0.3, 0.4) is 0 Å². The molecule has 0 atom stereocenters. The molecule has 10 heavy (non-hydrogen) atoms. The average molecular weight is 176 g/mol. The van der Waals surface area contributed by atoms with Crippen molar-refractivity contribution in [2.24, 2.45) is 0 Å². The van der Waals surface area contributed by atoms with Crippen molar-refractivity contribution in [2.45, 2.75) is 12.9 Å². The second-order valence-corrected chi connectivity index (χ2v) is 0.857. The molecule has 0 amide bonds. The Labute approximate surface area is 49.4 Å². The summed E-state index contributed by atoms with van der Waals surface area (Å²) in [6.07, 6.45) is -11.0. The van der Waals surface area contributed by atoms with Crippen LogP contribution in [0.25, 0.3) is 0 Å². The first kappa shape index (κ1) is 12.1. The van der Waals surface area contributed by atoms with E-state index in [1.54, 1.807) is 0 Å². The summed E-state index contributed by atoms with van der Waals surface area (Å²) >= 11 is 0. The zero-order valence-corrected chi connectivity index (χ0v) is 4.02. The first-order valence-corrected chi connectivity index (χ1v) is 1.51. The molecular formula is C2F8. The molecule has 0 saturated heterocycles. The van der Waals surface area contributed by atoms with Crippen LogP contribution in [0.15, 0.2) is 0 Å². The highest BCUT2D eigenvalue weighted by molar-refractivity contribution is 4.08. The van der Waals surface area contributed by atoms with Gasteiger partial charge in [0.25, 0.3) is 0 Å². The molecule has 0 unspecified atom stereocenters. The molecule has 0 aliphatic carbocycles. The number of rotatable bonds is 0. The summed E-state index contributed by atoms with van der Waals surface area (Å²) < 4.78 is 77.5. The van der Waals surface area contributed by atoms with E-state index in [1.165, 1.54) is 0 Å². The Morgan fingerprint density at radius 3 is 0.400 bits per heavy atom.